The molecular formula is C25H22N2O3S. The van der Waals surface area contributed by atoms with Gasteiger partial charge in [-0.05, 0) is 29.3 Å². The fourth-order valence-electron chi connectivity index (χ4n) is 3.19. The zero-order chi connectivity index (χ0) is 21.5. The van der Waals surface area contributed by atoms with Gasteiger partial charge < -0.3 is 14.8 Å². The lowest BCUT2D eigenvalue weighted by molar-refractivity contribution is 0.0942. The average molecular weight is 431 g/mol. The Morgan fingerprint density at radius 1 is 1.00 bits per heavy atom. The molecule has 5 nitrogen and oxygen atoms in total. The standard InChI is InChI=1S/C25H22N2O3S/c1-29-22-16-20(12-13-21(22)30-17-18-8-4-2-5-9-18)24(28)27-23(25-26-14-15-31-25)19-10-6-3-7-11-19/h2-16,23H,17H2,1H3,(H,27,28). The molecule has 0 aliphatic heterocycles. The molecule has 3 aromatic carbocycles. The molecule has 1 N–H and O–H groups in total. The smallest absolute Gasteiger partial charge is 0.252 e. The SMILES string of the molecule is COc1cc(C(=O)NC(c2ccccc2)c2nccs2)ccc1OCc1ccccc1. The number of hydrogen-bond acceptors (Lipinski definition) is 5. The summed E-state index contributed by atoms with van der Waals surface area (Å²) in [5, 5.41) is 5.82. The number of carbonyl (C=O) groups is 1. The van der Waals surface area contributed by atoms with E-state index in [9.17, 15) is 4.79 Å². The number of methoxy groups -OCH3 is 1. The Hall–Kier alpha value is -3.64. The number of aromatic nitrogens is 1. The van der Waals surface area contributed by atoms with Gasteiger partial charge in [0, 0.05) is 17.1 Å². The molecule has 0 aliphatic rings. The van der Waals surface area contributed by atoms with E-state index in [1.54, 1.807) is 31.5 Å². The van der Waals surface area contributed by atoms with Gasteiger partial charge in [0.2, 0.25) is 0 Å². The second kappa shape index (κ2) is 9.91. The number of benzene rings is 3. The summed E-state index contributed by atoms with van der Waals surface area (Å²) in [6, 6.07) is 24.6. The second-order valence-corrected chi connectivity index (χ2v) is 7.75. The highest BCUT2D eigenvalue weighted by atomic mass is 32.1. The molecule has 4 aromatic rings. The van der Waals surface area contributed by atoms with E-state index in [2.05, 4.69) is 10.3 Å². The van der Waals surface area contributed by atoms with Crippen LogP contribution >= 0.6 is 11.3 Å². The van der Waals surface area contributed by atoms with Gasteiger partial charge in [-0.3, -0.25) is 4.79 Å². The Labute approximate surface area is 185 Å². The van der Waals surface area contributed by atoms with Gasteiger partial charge in [-0.25, -0.2) is 4.98 Å². The summed E-state index contributed by atoms with van der Waals surface area (Å²) in [5.41, 5.74) is 2.52. The van der Waals surface area contributed by atoms with Gasteiger partial charge in [-0.2, -0.15) is 0 Å². The maximum atomic E-state index is 13.1. The van der Waals surface area contributed by atoms with Gasteiger partial charge in [-0.15, -0.1) is 11.3 Å². The first-order valence-electron chi connectivity index (χ1n) is 9.84. The van der Waals surface area contributed by atoms with Crippen molar-refractivity contribution in [2.75, 3.05) is 7.11 Å². The highest BCUT2D eigenvalue weighted by Crippen LogP contribution is 2.30. The average Bonchev–Trinajstić information content (AvgIpc) is 3.37. The number of nitrogens with zero attached hydrogens (tertiary/aromatic N) is 1. The molecule has 1 unspecified atom stereocenters. The molecule has 156 valence electrons. The lowest BCUT2D eigenvalue weighted by Gasteiger charge is -2.18. The number of thiazole rings is 1. The fraction of sp³-hybridized carbons (Fsp3) is 0.120. The van der Waals surface area contributed by atoms with E-state index >= 15 is 0 Å². The molecule has 0 radical (unpaired) electrons. The summed E-state index contributed by atoms with van der Waals surface area (Å²) in [7, 11) is 1.56. The molecule has 6 heteroatoms. The van der Waals surface area contributed by atoms with Crippen LogP contribution in [0.3, 0.4) is 0 Å². The maximum absolute atomic E-state index is 13.1. The molecule has 0 spiro atoms. The van der Waals surface area contributed by atoms with Crippen molar-refractivity contribution in [1.29, 1.82) is 0 Å². The predicted octanol–water partition coefficient (Wildman–Crippen LogP) is 5.25. The summed E-state index contributed by atoms with van der Waals surface area (Å²) < 4.78 is 11.4. The minimum Gasteiger partial charge on any atom is -0.493 e. The van der Waals surface area contributed by atoms with Crippen LogP contribution in [0, 0.1) is 0 Å². The van der Waals surface area contributed by atoms with Crippen LogP contribution in [0.5, 0.6) is 11.5 Å². The molecule has 0 saturated carbocycles. The van der Waals surface area contributed by atoms with Crippen LogP contribution in [0.4, 0.5) is 0 Å². The van der Waals surface area contributed by atoms with E-state index in [0.29, 0.717) is 23.7 Å². The highest BCUT2D eigenvalue weighted by molar-refractivity contribution is 7.09. The summed E-state index contributed by atoms with van der Waals surface area (Å²) in [4.78, 5) is 17.5. The number of rotatable bonds is 8. The Morgan fingerprint density at radius 3 is 2.42 bits per heavy atom. The fourth-order valence-corrected chi connectivity index (χ4v) is 3.90. The quantitative estimate of drug-likeness (QED) is 0.415. The molecular weight excluding hydrogens is 408 g/mol. The first-order valence-corrected chi connectivity index (χ1v) is 10.7. The highest BCUT2D eigenvalue weighted by Gasteiger charge is 2.21. The molecule has 1 atom stereocenters. The van der Waals surface area contributed by atoms with Crippen LogP contribution in [0.25, 0.3) is 0 Å². The van der Waals surface area contributed by atoms with Crippen LogP contribution < -0.4 is 14.8 Å². The van der Waals surface area contributed by atoms with Gasteiger partial charge in [0.25, 0.3) is 5.91 Å². The molecule has 1 amide bonds. The molecule has 0 aliphatic carbocycles. The van der Waals surface area contributed by atoms with Crippen LogP contribution in [-0.4, -0.2) is 18.0 Å². The third kappa shape index (κ3) is 5.10. The molecule has 0 bridgehead atoms. The first kappa shape index (κ1) is 20.6. The molecule has 1 heterocycles. The van der Waals surface area contributed by atoms with E-state index in [1.807, 2.05) is 66.0 Å². The van der Waals surface area contributed by atoms with Crippen molar-refractivity contribution in [2.24, 2.45) is 0 Å². The van der Waals surface area contributed by atoms with Gasteiger partial charge in [0.1, 0.15) is 17.7 Å². The Bertz CT molecular complexity index is 1120. The third-order valence-electron chi connectivity index (χ3n) is 4.77. The Balaban J connectivity index is 1.52. The molecule has 31 heavy (non-hydrogen) atoms. The second-order valence-electron chi connectivity index (χ2n) is 6.83. The summed E-state index contributed by atoms with van der Waals surface area (Å²) in [6.07, 6.45) is 1.74. The number of nitrogens with one attached hydrogen (secondary N) is 1. The molecule has 0 saturated heterocycles. The van der Waals surface area contributed by atoms with E-state index in [1.165, 1.54) is 11.3 Å². The lowest BCUT2D eigenvalue weighted by Crippen LogP contribution is -2.29. The zero-order valence-corrected chi connectivity index (χ0v) is 17.8. The van der Waals surface area contributed by atoms with Crippen LogP contribution in [0.1, 0.15) is 32.5 Å². The van der Waals surface area contributed by atoms with Crippen LogP contribution in [-0.2, 0) is 6.61 Å². The monoisotopic (exact) mass is 430 g/mol. The Morgan fingerprint density at radius 2 is 1.74 bits per heavy atom. The Kier molecular flexibility index (Phi) is 6.59. The van der Waals surface area contributed by atoms with Crippen molar-refractivity contribution in [3.8, 4) is 11.5 Å². The van der Waals surface area contributed by atoms with Gasteiger partial charge in [-0.1, -0.05) is 60.7 Å². The number of amides is 1. The van der Waals surface area contributed by atoms with E-state index < -0.39 is 0 Å². The van der Waals surface area contributed by atoms with Gasteiger partial charge >= 0.3 is 0 Å². The first-order chi connectivity index (χ1) is 15.2. The molecule has 1 aromatic heterocycles. The van der Waals surface area contributed by atoms with Crippen LogP contribution in [0.2, 0.25) is 0 Å². The minimum absolute atomic E-state index is 0.211. The maximum Gasteiger partial charge on any atom is 0.252 e. The normalized spacial score (nSPS) is 11.5. The van der Waals surface area contributed by atoms with Crippen molar-refractivity contribution in [3.05, 3.63) is 112 Å². The topological polar surface area (TPSA) is 60.5 Å². The molecule has 0 fully saturated rings. The number of carbonyl (C=O) groups excluding carboxylic acids is 1. The summed E-state index contributed by atoms with van der Waals surface area (Å²) >= 11 is 1.51. The van der Waals surface area contributed by atoms with Gasteiger partial charge in [0.05, 0.1) is 7.11 Å². The van der Waals surface area contributed by atoms with Crippen molar-refractivity contribution in [2.45, 2.75) is 12.6 Å². The number of hydrogen-bond donors (Lipinski definition) is 1. The predicted molar refractivity (Wildman–Crippen MR) is 122 cm³/mol. The molecule has 4 rings (SSSR count). The van der Waals surface area contributed by atoms with Crippen molar-refractivity contribution >= 4 is 17.2 Å². The van der Waals surface area contributed by atoms with Gasteiger partial charge in [0.15, 0.2) is 11.5 Å². The minimum atomic E-state index is -0.325. The summed E-state index contributed by atoms with van der Waals surface area (Å²) in [6.45, 7) is 0.420. The number of ether oxygens (including phenoxy) is 2. The van der Waals surface area contributed by atoms with Crippen LogP contribution in [0.15, 0.2) is 90.4 Å². The van der Waals surface area contributed by atoms with Crippen molar-refractivity contribution < 1.29 is 14.3 Å². The summed E-state index contributed by atoms with van der Waals surface area (Å²) in [5.74, 6) is 0.883. The van der Waals surface area contributed by atoms with E-state index in [4.69, 9.17) is 9.47 Å². The van der Waals surface area contributed by atoms with Crippen molar-refractivity contribution in [1.82, 2.24) is 10.3 Å². The van der Waals surface area contributed by atoms with E-state index in [0.717, 1.165) is 16.1 Å². The lowest BCUT2D eigenvalue weighted by atomic mass is 10.1. The zero-order valence-electron chi connectivity index (χ0n) is 17.0. The van der Waals surface area contributed by atoms with E-state index in [-0.39, 0.29) is 11.9 Å². The third-order valence-corrected chi connectivity index (χ3v) is 5.61. The van der Waals surface area contributed by atoms with Crippen molar-refractivity contribution in [3.63, 3.8) is 0 Å². The largest absolute Gasteiger partial charge is 0.493 e.